The van der Waals surface area contributed by atoms with Crippen molar-refractivity contribution >= 4 is 17.7 Å². The van der Waals surface area contributed by atoms with Gasteiger partial charge in [0.15, 0.2) is 11.0 Å². The van der Waals surface area contributed by atoms with E-state index in [0.717, 1.165) is 30.0 Å². The van der Waals surface area contributed by atoms with Crippen LogP contribution in [0.1, 0.15) is 40.0 Å². The van der Waals surface area contributed by atoms with E-state index in [4.69, 9.17) is 4.74 Å². The van der Waals surface area contributed by atoms with E-state index in [0.29, 0.717) is 16.8 Å². The maximum Gasteiger partial charge on any atom is 0.230 e. The van der Waals surface area contributed by atoms with Gasteiger partial charge in [0.2, 0.25) is 5.91 Å². The number of aromatic nitrogens is 3. The summed E-state index contributed by atoms with van der Waals surface area (Å²) in [6, 6.07) is 7.89. The zero-order valence-electron chi connectivity index (χ0n) is 16.9. The summed E-state index contributed by atoms with van der Waals surface area (Å²) in [4.78, 5) is 12.2. The number of benzene rings is 1. The molecule has 6 nitrogen and oxygen atoms in total. The van der Waals surface area contributed by atoms with Crippen molar-refractivity contribution in [2.75, 3.05) is 12.9 Å². The summed E-state index contributed by atoms with van der Waals surface area (Å²) in [7, 11) is 3.54. The number of thioether (sulfide) groups is 1. The topological polar surface area (TPSA) is 69.0 Å². The van der Waals surface area contributed by atoms with E-state index >= 15 is 0 Å². The molecule has 0 bridgehead atoms. The quantitative estimate of drug-likeness (QED) is 0.623. The summed E-state index contributed by atoms with van der Waals surface area (Å²) in [5, 5.41) is 12.3. The molecule has 1 aromatic carbocycles. The van der Waals surface area contributed by atoms with Crippen molar-refractivity contribution in [3.63, 3.8) is 0 Å². The maximum atomic E-state index is 12.2. The smallest absolute Gasteiger partial charge is 0.230 e. The second kappa shape index (κ2) is 10.3. The standard InChI is InChI=1S/C20H30N4O2S/c1-14(2)9-8-10-15(3)21-18(25)13-27-20-23-22-19(24(20)4)16-11-6-7-12-17(16)26-5/h6-7,11-12,14-15H,8-10,13H2,1-5H3,(H,21,25)/t15-/m1/s1. The van der Waals surface area contributed by atoms with Crippen molar-refractivity contribution in [1.29, 1.82) is 0 Å². The van der Waals surface area contributed by atoms with Crippen LogP contribution in [0.5, 0.6) is 5.75 Å². The molecule has 0 saturated carbocycles. The number of rotatable bonds is 10. The second-order valence-corrected chi connectivity index (χ2v) is 8.09. The molecule has 0 spiro atoms. The van der Waals surface area contributed by atoms with Gasteiger partial charge in [0, 0.05) is 13.1 Å². The molecule has 2 aromatic rings. The first-order chi connectivity index (χ1) is 12.9. The third-order valence-corrected chi connectivity index (χ3v) is 5.36. The fraction of sp³-hybridized carbons (Fsp3) is 0.550. The number of ether oxygens (including phenoxy) is 1. The van der Waals surface area contributed by atoms with Gasteiger partial charge in [0.1, 0.15) is 5.75 Å². The summed E-state index contributed by atoms with van der Waals surface area (Å²) in [5.74, 6) is 2.53. The molecule has 1 amide bonds. The Bertz CT molecular complexity index is 745. The van der Waals surface area contributed by atoms with Crippen LogP contribution in [0.3, 0.4) is 0 Å². The SMILES string of the molecule is COc1ccccc1-c1nnc(SCC(=O)N[C@H](C)CCCC(C)C)n1C. The average molecular weight is 391 g/mol. The predicted molar refractivity (Wildman–Crippen MR) is 110 cm³/mol. The molecule has 7 heteroatoms. The Morgan fingerprint density at radius 1 is 1.22 bits per heavy atom. The number of hydrogen-bond donors (Lipinski definition) is 1. The van der Waals surface area contributed by atoms with Gasteiger partial charge in [-0.05, 0) is 31.4 Å². The summed E-state index contributed by atoms with van der Waals surface area (Å²) in [5.41, 5.74) is 0.880. The molecule has 148 valence electrons. The first-order valence-corrected chi connectivity index (χ1v) is 10.4. The van der Waals surface area contributed by atoms with Crippen molar-refractivity contribution in [2.45, 2.75) is 51.2 Å². The zero-order valence-corrected chi connectivity index (χ0v) is 17.7. The van der Waals surface area contributed by atoms with Gasteiger partial charge < -0.3 is 14.6 Å². The molecule has 0 aliphatic carbocycles. The molecular formula is C20H30N4O2S. The van der Waals surface area contributed by atoms with E-state index in [1.807, 2.05) is 35.9 Å². The second-order valence-electron chi connectivity index (χ2n) is 7.15. The molecule has 0 unspecified atom stereocenters. The molecule has 1 N–H and O–H groups in total. The van der Waals surface area contributed by atoms with Gasteiger partial charge in [0.25, 0.3) is 0 Å². The van der Waals surface area contributed by atoms with Crippen LogP contribution in [0.25, 0.3) is 11.4 Å². The summed E-state index contributed by atoms with van der Waals surface area (Å²) in [6.07, 6.45) is 3.34. The Morgan fingerprint density at radius 3 is 2.67 bits per heavy atom. The Hall–Kier alpha value is -2.02. The van der Waals surface area contributed by atoms with Crippen LogP contribution >= 0.6 is 11.8 Å². The number of amides is 1. The summed E-state index contributed by atoms with van der Waals surface area (Å²) in [6.45, 7) is 6.51. The van der Waals surface area contributed by atoms with E-state index in [1.165, 1.54) is 18.2 Å². The number of nitrogens with zero attached hydrogens (tertiary/aromatic N) is 3. The van der Waals surface area contributed by atoms with Crippen LogP contribution < -0.4 is 10.1 Å². The molecule has 0 saturated heterocycles. The Kier molecular flexibility index (Phi) is 8.16. The fourth-order valence-electron chi connectivity index (χ4n) is 2.86. The van der Waals surface area contributed by atoms with Gasteiger partial charge in [-0.1, -0.05) is 50.6 Å². The third-order valence-electron chi connectivity index (χ3n) is 4.34. The van der Waals surface area contributed by atoms with Gasteiger partial charge in [0.05, 0.1) is 18.4 Å². The molecule has 1 atom stereocenters. The van der Waals surface area contributed by atoms with Crippen molar-refractivity contribution in [3.8, 4) is 17.1 Å². The monoisotopic (exact) mass is 390 g/mol. The molecule has 2 rings (SSSR count). The van der Waals surface area contributed by atoms with Crippen LogP contribution in [0.15, 0.2) is 29.4 Å². The predicted octanol–water partition coefficient (Wildman–Crippen LogP) is 3.91. The zero-order chi connectivity index (χ0) is 19.8. The molecular weight excluding hydrogens is 360 g/mol. The highest BCUT2D eigenvalue weighted by molar-refractivity contribution is 7.99. The third kappa shape index (κ3) is 6.27. The minimum absolute atomic E-state index is 0.0267. The minimum Gasteiger partial charge on any atom is -0.496 e. The Balaban J connectivity index is 1.90. The van der Waals surface area contributed by atoms with Gasteiger partial charge >= 0.3 is 0 Å². The van der Waals surface area contributed by atoms with Gasteiger partial charge in [-0.25, -0.2) is 0 Å². The lowest BCUT2D eigenvalue weighted by atomic mass is 10.0. The maximum absolute atomic E-state index is 12.2. The molecule has 1 aromatic heterocycles. The van der Waals surface area contributed by atoms with Crippen LogP contribution in [-0.4, -0.2) is 39.6 Å². The van der Waals surface area contributed by atoms with Gasteiger partial charge in [-0.2, -0.15) is 0 Å². The fourth-order valence-corrected chi connectivity index (χ4v) is 3.58. The van der Waals surface area contributed by atoms with Crippen LogP contribution in [0, 0.1) is 5.92 Å². The van der Waals surface area contributed by atoms with Crippen molar-refractivity contribution < 1.29 is 9.53 Å². The lowest BCUT2D eigenvalue weighted by Crippen LogP contribution is -2.33. The molecule has 27 heavy (non-hydrogen) atoms. The first-order valence-electron chi connectivity index (χ1n) is 9.37. The van der Waals surface area contributed by atoms with E-state index in [2.05, 4.69) is 36.3 Å². The average Bonchev–Trinajstić information content (AvgIpc) is 3.00. The lowest BCUT2D eigenvalue weighted by molar-refractivity contribution is -0.119. The number of hydrogen-bond acceptors (Lipinski definition) is 5. The van der Waals surface area contributed by atoms with Crippen molar-refractivity contribution in [2.24, 2.45) is 13.0 Å². The van der Waals surface area contributed by atoms with Crippen molar-refractivity contribution in [1.82, 2.24) is 20.1 Å². The Morgan fingerprint density at radius 2 is 1.96 bits per heavy atom. The number of methoxy groups -OCH3 is 1. The molecule has 0 aliphatic rings. The number of carbonyl (C=O) groups excluding carboxylic acids is 1. The van der Waals surface area contributed by atoms with Gasteiger partial charge in [-0.15, -0.1) is 10.2 Å². The van der Waals surface area contributed by atoms with E-state index in [1.54, 1.807) is 7.11 Å². The largest absolute Gasteiger partial charge is 0.496 e. The van der Waals surface area contributed by atoms with E-state index in [9.17, 15) is 4.79 Å². The summed E-state index contributed by atoms with van der Waals surface area (Å²) >= 11 is 1.39. The van der Waals surface area contributed by atoms with Crippen molar-refractivity contribution in [3.05, 3.63) is 24.3 Å². The normalized spacial score (nSPS) is 12.2. The van der Waals surface area contributed by atoms with Crippen LogP contribution in [-0.2, 0) is 11.8 Å². The molecule has 0 fully saturated rings. The van der Waals surface area contributed by atoms with Gasteiger partial charge in [-0.3, -0.25) is 4.79 Å². The first kappa shape index (κ1) is 21.3. The summed E-state index contributed by atoms with van der Waals surface area (Å²) < 4.78 is 7.29. The minimum atomic E-state index is 0.0267. The number of carbonyl (C=O) groups is 1. The highest BCUT2D eigenvalue weighted by Gasteiger charge is 2.16. The van der Waals surface area contributed by atoms with E-state index < -0.39 is 0 Å². The van der Waals surface area contributed by atoms with Crippen LogP contribution in [0.4, 0.5) is 0 Å². The highest BCUT2D eigenvalue weighted by Crippen LogP contribution is 2.29. The lowest BCUT2D eigenvalue weighted by Gasteiger charge is -2.14. The number of para-hydroxylation sites is 1. The van der Waals surface area contributed by atoms with E-state index in [-0.39, 0.29) is 11.9 Å². The number of nitrogens with one attached hydrogen (secondary N) is 1. The molecule has 0 aliphatic heterocycles. The molecule has 1 heterocycles. The van der Waals surface area contributed by atoms with Crippen LogP contribution in [0.2, 0.25) is 0 Å². The highest BCUT2D eigenvalue weighted by atomic mass is 32.2. The Labute approximate surface area is 166 Å². The molecule has 0 radical (unpaired) electrons.